The fourth-order valence-corrected chi connectivity index (χ4v) is 3.70. The molecule has 1 aromatic carbocycles. The zero-order valence-electron chi connectivity index (χ0n) is 16.9. The number of hydrogen-bond acceptors (Lipinski definition) is 3. The fourth-order valence-electron chi connectivity index (χ4n) is 3.70. The van der Waals surface area contributed by atoms with Crippen LogP contribution in [0.15, 0.2) is 42.6 Å². The molecule has 0 bridgehead atoms. The number of carbonyl (C=O) groups is 2. The standard InChI is InChI=1S/C22H30N4O2/c1-16(2)17-8-10-18(11-9-17)24-22(28)21(27)23-15-20(26-13-4-5-14-26)19-7-6-12-25(19)3/h6-12,16,20H,4-5,13-15H2,1-3H3,(H,23,27)(H,24,28). The molecule has 2 amide bonds. The number of likely N-dealkylation sites (tertiary alicyclic amines) is 1. The summed E-state index contributed by atoms with van der Waals surface area (Å²) in [6.45, 7) is 6.67. The summed E-state index contributed by atoms with van der Waals surface area (Å²) in [4.78, 5) is 27.0. The van der Waals surface area contributed by atoms with E-state index in [4.69, 9.17) is 0 Å². The number of anilines is 1. The SMILES string of the molecule is CC(C)c1ccc(NC(=O)C(=O)NCC(c2cccn2C)N2CCCC2)cc1. The van der Waals surface area contributed by atoms with Crippen LogP contribution in [0.2, 0.25) is 0 Å². The van der Waals surface area contributed by atoms with E-state index in [0.717, 1.165) is 18.8 Å². The van der Waals surface area contributed by atoms with Gasteiger partial charge in [-0.1, -0.05) is 26.0 Å². The minimum absolute atomic E-state index is 0.0737. The largest absolute Gasteiger partial charge is 0.353 e. The molecule has 150 valence electrons. The maximum atomic E-state index is 12.3. The Morgan fingerprint density at radius 1 is 1.04 bits per heavy atom. The first-order valence-corrected chi connectivity index (χ1v) is 10.00. The van der Waals surface area contributed by atoms with Crippen molar-refractivity contribution >= 4 is 17.5 Å². The number of nitrogens with one attached hydrogen (secondary N) is 2. The molecule has 2 N–H and O–H groups in total. The molecule has 6 nitrogen and oxygen atoms in total. The van der Waals surface area contributed by atoms with Gasteiger partial charge < -0.3 is 15.2 Å². The molecule has 0 aliphatic carbocycles. The van der Waals surface area contributed by atoms with Gasteiger partial charge in [0.25, 0.3) is 0 Å². The summed E-state index contributed by atoms with van der Waals surface area (Å²) in [5.74, 6) is -0.816. The van der Waals surface area contributed by atoms with Gasteiger partial charge in [0, 0.05) is 31.2 Å². The number of aromatic nitrogens is 1. The highest BCUT2D eigenvalue weighted by molar-refractivity contribution is 6.39. The molecule has 1 aromatic heterocycles. The molecule has 2 aromatic rings. The maximum Gasteiger partial charge on any atom is 0.313 e. The van der Waals surface area contributed by atoms with Crippen molar-refractivity contribution in [1.29, 1.82) is 0 Å². The van der Waals surface area contributed by atoms with Crippen LogP contribution < -0.4 is 10.6 Å². The third-order valence-corrected chi connectivity index (χ3v) is 5.40. The smallest absolute Gasteiger partial charge is 0.313 e. The Bertz CT molecular complexity index is 804. The van der Waals surface area contributed by atoms with Gasteiger partial charge in [0.05, 0.1) is 6.04 Å². The zero-order chi connectivity index (χ0) is 20.1. The van der Waals surface area contributed by atoms with E-state index in [0.29, 0.717) is 18.2 Å². The first-order chi connectivity index (χ1) is 13.5. The molecule has 2 heterocycles. The molecule has 1 fully saturated rings. The van der Waals surface area contributed by atoms with Crippen molar-refractivity contribution in [1.82, 2.24) is 14.8 Å². The third-order valence-electron chi connectivity index (χ3n) is 5.40. The molecule has 1 atom stereocenters. The van der Waals surface area contributed by atoms with Crippen LogP contribution >= 0.6 is 0 Å². The van der Waals surface area contributed by atoms with Crippen LogP contribution in [0.4, 0.5) is 5.69 Å². The van der Waals surface area contributed by atoms with Crippen molar-refractivity contribution in [2.24, 2.45) is 7.05 Å². The van der Waals surface area contributed by atoms with Crippen LogP contribution in [0, 0.1) is 0 Å². The molecule has 28 heavy (non-hydrogen) atoms. The lowest BCUT2D eigenvalue weighted by Crippen LogP contribution is -2.41. The summed E-state index contributed by atoms with van der Waals surface area (Å²) in [6, 6.07) is 11.8. The minimum Gasteiger partial charge on any atom is -0.353 e. The van der Waals surface area contributed by atoms with Gasteiger partial charge in [0.2, 0.25) is 0 Å². The van der Waals surface area contributed by atoms with Gasteiger partial charge in [-0.25, -0.2) is 0 Å². The summed E-state index contributed by atoms with van der Waals surface area (Å²) in [5, 5.41) is 5.50. The van der Waals surface area contributed by atoms with E-state index in [1.165, 1.54) is 18.4 Å². The number of aryl methyl sites for hydroxylation is 1. The summed E-state index contributed by atoms with van der Waals surface area (Å²) < 4.78 is 2.07. The first kappa shape index (κ1) is 20.1. The van der Waals surface area contributed by atoms with Crippen molar-refractivity contribution in [3.8, 4) is 0 Å². The Hall–Kier alpha value is -2.60. The summed E-state index contributed by atoms with van der Waals surface area (Å²) in [6.07, 6.45) is 4.34. The molecule has 6 heteroatoms. The van der Waals surface area contributed by atoms with E-state index in [1.54, 1.807) is 0 Å². The maximum absolute atomic E-state index is 12.3. The van der Waals surface area contributed by atoms with Crippen molar-refractivity contribution in [2.45, 2.75) is 38.6 Å². The molecule has 3 rings (SSSR count). The Morgan fingerprint density at radius 3 is 2.29 bits per heavy atom. The minimum atomic E-state index is -0.635. The quantitative estimate of drug-likeness (QED) is 0.755. The molecule has 0 saturated carbocycles. The molecule has 0 spiro atoms. The number of nitrogens with zero attached hydrogens (tertiary/aromatic N) is 2. The lowest BCUT2D eigenvalue weighted by Gasteiger charge is -2.28. The molecule has 1 aliphatic rings. The number of hydrogen-bond donors (Lipinski definition) is 2. The van der Waals surface area contributed by atoms with Gasteiger partial charge in [-0.2, -0.15) is 0 Å². The Morgan fingerprint density at radius 2 is 1.71 bits per heavy atom. The topological polar surface area (TPSA) is 66.4 Å². The van der Waals surface area contributed by atoms with Crippen LogP contribution in [0.25, 0.3) is 0 Å². The van der Waals surface area contributed by atoms with Crippen LogP contribution in [0.5, 0.6) is 0 Å². The number of carbonyl (C=O) groups excluding carboxylic acids is 2. The van der Waals surface area contributed by atoms with E-state index in [-0.39, 0.29) is 6.04 Å². The van der Waals surface area contributed by atoms with Crippen molar-refractivity contribution in [2.75, 3.05) is 25.0 Å². The van der Waals surface area contributed by atoms with Gasteiger partial charge >= 0.3 is 11.8 Å². The monoisotopic (exact) mass is 382 g/mol. The van der Waals surface area contributed by atoms with E-state index in [9.17, 15) is 9.59 Å². The average Bonchev–Trinajstić information content (AvgIpc) is 3.35. The van der Waals surface area contributed by atoms with E-state index >= 15 is 0 Å². The fraction of sp³-hybridized carbons (Fsp3) is 0.455. The van der Waals surface area contributed by atoms with Gasteiger partial charge in [-0.3, -0.25) is 14.5 Å². The molecule has 1 unspecified atom stereocenters. The second-order valence-corrected chi connectivity index (χ2v) is 7.74. The summed E-state index contributed by atoms with van der Waals surface area (Å²) >= 11 is 0. The van der Waals surface area contributed by atoms with Gasteiger partial charge in [-0.05, 0) is 61.7 Å². The van der Waals surface area contributed by atoms with Gasteiger partial charge in [0.1, 0.15) is 0 Å². The second kappa shape index (κ2) is 9.06. The predicted octanol–water partition coefficient (Wildman–Crippen LogP) is 3.04. The van der Waals surface area contributed by atoms with Gasteiger partial charge in [0.15, 0.2) is 0 Å². The Balaban J connectivity index is 1.59. The van der Waals surface area contributed by atoms with Crippen LogP contribution in [-0.4, -0.2) is 40.9 Å². The normalized spacial score (nSPS) is 15.6. The zero-order valence-corrected chi connectivity index (χ0v) is 16.9. The van der Waals surface area contributed by atoms with Crippen molar-refractivity contribution in [3.63, 3.8) is 0 Å². The lowest BCUT2D eigenvalue weighted by atomic mass is 10.0. The van der Waals surface area contributed by atoms with Crippen LogP contribution in [0.3, 0.4) is 0 Å². The van der Waals surface area contributed by atoms with E-state index < -0.39 is 11.8 Å². The third kappa shape index (κ3) is 4.81. The van der Waals surface area contributed by atoms with E-state index in [1.807, 2.05) is 43.6 Å². The predicted molar refractivity (Wildman–Crippen MR) is 111 cm³/mol. The molecule has 1 saturated heterocycles. The Kier molecular flexibility index (Phi) is 6.52. The first-order valence-electron chi connectivity index (χ1n) is 10.00. The van der Waals surface area contributed by atoms with Crippen molar-refractivity contribution < 1.29 is 9.59 Å². The van der Waals surface area contributed by atoms with Gasteiger partial charge in [-0.15, -0.1) is 0 Å². The summed E-state index contributed by atoms with van der Waals surface area (Å²) in [5.41, 5.74) is 2.97. The number of rotatable bonds is 6. The summed E-state index contributed by atoms with van der Waals surface area (Å²) in [7, 11) is 2.01. The second-order valence-electron chi connectivity index (χ2n) is 7.74. The molecular formula is C22H30N4O2. The molecule has 0 radical (unpaired) electrons. The lowest BCUT2D eigenvalue weighted by molar-refractivity contribution is -0.136. The number of benzene rings is 1. The highest BCUT2D eigenvalue weighted by Crippen LogP contribution is 2.24. The van der Waals surface area contributed by atoms with Crippen molar-refractivity contribution in [3.05, 3.63) is 53.9 Å². The average molecular weight is 383 g/mol. The molecular weight excluding hydrogens is 352 g/mol. The van der Waals surface area contributed by atoms with E-state index in [2.05, 4.69) is 40.0 Å². The number of amides is 2. The van der Waals surface area contributed by atoms with Crippen LogP contribution in [-0.2, 0) is 16.6 Å². The molecule has 1 aliphatic heterocycles. The highest BCUT2D eigenvalue weighted by Gasteiger charge is 2.26. The van der Waals surface area contributed by atoms with Crippen LogP contribution in [0.1, 0.15) is 49.9 Å². The highest BCUT2D eigenvalue weighted by atomic mass is 16.2. The Labute approximate surface area is 166 Å².